The maximum Gasteiger partial charge on any atom is 0.272 e. The molecule has 0 saturated heterocycles. The van der Waals surface area contributed by atoms with Crippen molar-refractivity contribution in [3.05, 3.63) is 34.3 Å². The zero-order chi connectivity index (χ0) is 14.5. The number of anilines is 1. The lowest BCUT2D eigenvalue weighted by molar-refractivity contribution is 0.0925. The van der Waals surface area contributed by atoms with Crippen molar-refractivity contribution in [1.29, 1.82) is 0 Å². The molecule has 3 N–H and O–H groups in total. The van der Waals surface area contributed by atoms with Gasteiger partial charge in [0.1, 0.15) is 5.69 Å². The number of hydrogen-bond donors (Lipinski definition) is 2. The van der Waals surface area contributed by atoms with Gasteiger partial charge in [0.05, 0.1) is 17.9 Å². The standard InChI is InChI=1S/C14H20N4OS/c1-3-6-11(12-7-5-8-20-12)17-14(19)13-10(15)9-16-18(13)4-2/h5,7-9,11H,3-4,6,15H2,1-2H3,(H,17,19). The molecule has 0 saturated carbocycles. The molecule has 0 radical (unpaired) electrons. The lowest BCUT2D eigenvalue weighted by Crippen LogP contribution is -2.30. The Labute approximate surface area is 122 Å². The molecular formula is C14H20N4OS. The van der Waals surface area contributed by atoms with E-state index in [4.69, 9.17) is 5.73 Å². The zero-order valence-electron chi connectivity index (χ0n) is 11.8. The fraction of sp³-hybridized carbons (Fsp3) is 0.429. The normalized spacial score (nSPS) is 12.3. The summed E-state index contributed by atoms with van der Waals surface area (Å²) in [6.07, 6.45) is 3.44. The summed E-state index contributed by atoms with van der Waals surface area (Å²) in [4.78, 5) is 13.6. The predicted molar refractivity (Wildman–Crippen MR) is 81.7 cm³/mol. The van der Waals surface area contributed by atoms with Gasteiger partial charge in [-0.1, -0.05) is 19.4 Å². The third kappa shape index (κ3) is 3.01. The second-order valence-corrected chi connectivity index (χ2v) is 5.57. The van der Waals surface area contributed by atoms with Crippen LogP contribution in [0.1, 0.15) is 48.1 Å². The topological polar surface area (TPSA) is 72.9 Å². The van der Waals surface area contributed by atoms with E-state index in [0.717, 1.165) is 12.8 Å². The predicted octanol–water partition coefficient (Wildman–Crippen LogP) is 2.82. The Kier molecular flexibility index (Phi) is 4.79. The Hall–Kier alpha value is -1.82. The summed E-state index contributed by atoms with van der Waals surface area (Å²) in [6, 6.07) is 4.08. The van der Waals surface area contributed by atoms with Crippen LogP contribution in [0.2, 0.25) is 0 Å². The van der Waals surface area contributed by atoms with Crippen LogP contribution in [0, 0.1) is 0 Å². The van der Waals surface area contributed by atoms with Crippen LogP contribution in [-0.2, 0) is 6.54 Å². The number of nitrogens with one attached hydrogen (secondary N) is 1. The smallest absolute Gasteiger partial charge is 0.272 e. The molecule has 1 unspecified atom stereocenters. The average Bonchev–Trinajstić information content (AvgIpc) is 3.07. The number of aryl methyl sites for hydroxylation is 1. The van der Waals surface area contributed by atoms with Gasteiger partial charge in [-0.2, -0.15) is 5.10 Å². The van der Waals surface area contributed by atoms with Gasteiger partial charge in [-0.25, -0.2) is 0 Å². The van der Waals surface area contributed by atoms with Gasteiger partial charge >= 0.3 is 0 Å². The summed E-state index contributed by atoms with van der Waals surface area (Å²) in [5.74, 6) is -0.159. The summed E-state index contributed by atoms with van der Waals surface area (Å²) in [5, 5.41) is 9.20. The fourth-order valence-corrected chi connectivity index (χ4v) is 2.99. The Morgan fingerprint density at radius 1 is 1.55 bits per heavy atom. The minimum Gasteiger partial charge on any atom is -0.396 e. The number of nitrogen functional groups attached to an aromatic ring is 1. The molecule has 1 atom stereocenters. The molecule has 0 aliphatic carbocycles. The number of thiophene rings is 1. The molecule has 0 bridgehead atoms. The van der Waals surface area contributed by atoms with Crippen molar-refractivity contribution in [2.45, 2.75) is 39.3 Å². The molecule has 2 rings (SSSR count). The van der Waals surface area contributed by atoms with Crippen molar-refractivity contribution in [2.24, 2.45) is 0 Å². The second-order valence-electron chi connectivity index (χ2n) is 4.59. The molecule has 0 fully saturated rings. The Balaban J connectivity index is 2.18. The van der Waals surface area contributed by atoms with Gasteiger partial charge < -0.3 is 11.1 Å². The van der Waals surface area contributed by atoms with Crippen LogP contribution in [-0.4, -0.2) is 15.7 Å². The largest absolute Gasteiger partial charge is 0.396 e. The van der Waals surface area contributed by atoms with E-state index in [1.807, 2.05) is 24.4 Å². The molecule has 2 aromatic heterocycles. The van der Waals surface area contributed by atoms with Crippen LogP contribution in [0.3, 0.4) is 0 Å². The van der Waals surface area contributed by atoms with E-state index in [1.165, 1.54) is 11.1 Å². The van der Waals surface area contributed by atoms with E-state index in [9.17, 15) is 4.79 Å². The number of hydrogen-bond acceptors (Lipinski definition) is 4. The van der Waals surface area contributed by atoms with Crippen LogP contribution < -0.4 is 11.1 Å². The summed E-state index contributed by atoms with van der Waals surface area (Å²) in [6.45, 7) is 4.67. The quantitative estimate of drug-likeness (QED) is 0.860. The Morgan fingerprint density at radius 2 is 2.35 bits per heavy atom. The first-order chi connectivity index (χ1) is 9.67. The molecule has 0 aromatic carbocycles. The van der Waals surface area contributed by atoms with Crippen LogP contribution in [0.15, 0.2) is 23.7 Å². The molecule has 0 aliphatic heterocycles. The van der Waals surface area contributed by atoms with Crippen molar-refractivity contribution in [1.82, 2.24) is 15.1 Å². The van der Waals surface area contributed by atoms with E-state index < -0.39 is 0 Å². The minimum absolute atomic E-state index is 0.0344. The number of rotatable bonds is 6. The number of nitrogens with zero attached hydrogens (tertiary/aromatic N) is 2. The van der Waals surface area contributed by atoms with E-state index in [0.29, 0.717) is 17.9 Å². The van der Waals surface area contributed by atoms with Crippen LogP contribution in [0.4, 0.5) is 5.69 Å². The highest BCUT2D eigenvalue weighted by molar-refractivity contribution is 7.10. The Bertz CT molecular complexity index is 562. The summed E-state index contributed by atoms with van der Waals surface area (Å²) >= 11 is 1.66. The van der Waals surface area contributed by atoms with Crippen molar-refractivity contribution in [3.63, 3.8) is 0 Å². The van der Waals surface area contributed by atoms with Gasteiger partial charge in [0, 0.05) is 11.4 Å². The molecular weight excluding hydrogens is 272 g/mol. The van der Waals surface area contributed by atoms with Crippen LogP contribution in [0.5, 0.6) is 0 Å². The van der Waals surface area contributed by atoms with E-state index in [2.05, 4.69) is 17.3 Å². The summed E-state index contributed by atoms with van der Waals surface area (Å²) < 4.78 is 1.63. The molecule has 2 aromatic rings. The van der Waals surface area contributed by atoms with E-state index in [1.54, 1.807) is 16.0 Å². The first-order valence-corrected chi connectivity index (χ1v) is 7.70. The van der Waals surface area contributed by atoms with E-state index in [-0.39, 0.29) is 11.9 Å². The van der Waals surface area contributed by atoms with Gasteiger partial charge in [-0.15, -0.1) is 11.3 Å². The first kappa shape index (κ1) is 14.6. The van der Waals surface area contributed by atoms with Crippen molar-refractivity contribution in [2.75, 3.05) is 5.73 Å². The zero-order valence-corrected chi connectivity index (χ0v) is 12.6. The molecule has 20 heavy (non-hydrogen) atoms. The lowest BCUT2D eigenvalue weighted by atomic mass is 10.1. The Morgan fingerprint density at radius 3 is 2.95 bits per heavy atom. The lowest BCUT2D eigenvalue weighted by Gasteiger charge is -2.17. The van der Waals surface area contributed by atoms with Crippen LogP contribution >= 0.6 is 11.3 Å². The number of nitrogens with two attached hydrogens (primary N) is 1. The van der Waals surface area contributed by atoms with Crippen molar-refractivity contribution in [3.8, 4) is 0 Å². The number of carbonyl (C=O) groups excluding carboxylic acids is 1. The third-order valence-corrected chi connectivity index (χ3v) is 4.14. The third-order valence-electron chi connectivity index (χ3n) is 3.15. The van der Waals surface area contributed by atoms with Gasteiger partial charge in [-0.3, -0.25) is 9.48 Å². The maximum atomic E-state index is 12.4. The molecule has 0 spiro atoms. The highest BCUT2D eigenvalue weighted by atomic mass is 32.1. The van der Waals surface area contributed by atoms with Crippen molar-refractivity contribution < 1.29 is 4.79 Å². The minimum atomic E-state index is -0.159. The van der Waals surface area contributed by atoms with Gasteiger partial charge in [-0.05, 0) is 24.8 Å². The molecule has 5 nitrogen and oxygen atoms in total. The monoisotopic (exact) mass is 292 g/mol. The van der Waals surface area contributed by atoms with Gasteiger partial charge in [0.2, 0.25) is 0 Å². The highest BCUT2D eigenvalue weighted by Crippen LogP contribution is 2.24. The molecule has 0 aliphatic rings. The van der Waals surface area contributed by atoms with Gasteiger partial charge in [0.25, 0.3) is 5.91 Å². The van der Waals surface area contributed by atoms with E-state index >= 15 is 0 Å². The van der Waals surface area contributed by atoms with Crippen molar-refractivity contribution >= 4 is 22.9 Å². The SMILES string of the molecule is CCCC(NC(=O)c1c(N)cnn1CC)c1cccs1. The first-order valence-electron chi connectivity index (χ1n) is 6.82. The molecule has 108 valence electrons. The van der Waals surface area contributed by atoms with Gasteiger partial charge in [0.15, 0.2) is 0 Å². The van der Waals surface area contributed by atoms with Crippen LogP contribution in [0.25, 0.3) is 0 Å². The highest BCUT2D eigenvalue weighted by Gasteiger charge is 2.20. The number of carbonyl (C=O) groups is 1. The number of aromatic nitrogens is 2. The fourth-order valence-electron chi connectivity index (χ4n) is 2.18. The maximum absolute atomic E-state index is 12.4. The molecule has 2 heterocycles. The number of amides is 1. The molecule has 1 amide bonds. The second kappa shape index (κ2) is 6.56. The summed E-state index contributed by atoms with van der Waals surface area (Å²) in [7, 11) is 0. The summed E-state index contributed by atoms with van der Waals surface area (Å²) in [5.41, 5.74) is 6.72. The molecule has 6 heteroatoms. The average molecular weight is 292 g/mol.